The second-order valence-electron chi connectivity index (χ2n) is 4.83. The third-order valence-electron chi connectivity index (χ3n) is 2.75. The SMILES string of the molecule is CNCc1cnc(C)cc1N(C)CCOC(C)C. The van der Waals surface area contributed by atoms with E-state index in [0.717, 1.165) is 25.4 Å². The van der Waals surface area contributed by atoms with Gasteiger partial charge in [0.15, 0.2) is 0 Å². The van der Waals surface area contributed by atoms with Crippen LogP contribution >= 0.6 is 0 Å². The van der Waals surface area contributed by atoms with Crippen molar-refractivity contribution >= 4 is 5.69 Å². The number of anilines is 1. The van der Waals surface area contributed by atoms with E-state index in [1.165, 1.54) is 11.3 Å². The van der Waals surface area contributed by atoms with Crippen molar-refractivity contribution in [3.05, 3.63) is 23.5 Å². The third-order valence-corrected chi connectivity index (χ3v) is 2.75. The van der Waals surface area contributed by atoms with Gasteiger partial charge in [-0.25, -0.2) is 0 Å². The minimum absolute atomic E-state index is 0.286. The summed E-state index contributed by atoms with van der Waals surface area (Å²) in [6.07, 6.45) is 2.23. The van der Waals surface area contributed by atoms with Crippen molar-refractivity contribution in [1.82, 2.24) is 10.3 Å². The van der Waals surface area contributed by atoms with E-state index in [4.69, 9.17) is 4.74 Å². The molecule has 0 radical (unpaired) electrons. The van der Waals surface area contributed by atoms with Crippen LogP contribution in [-0.4, -0.2) is 38.3 Å². The summed E-state index contributed by atoms with van der Waals surface area (Å²) < 4.78 is 5.59. The van der Waals surface area contributed by atoms with Crippen LogP contribution in [0.5, 0.6) is 0 Å². The van der Waals surface area contributed by atoms with Crippen LogP contribution in [-0.2, 0) is 11.3 Å². The minimum atomic E-state index is 0.286. The number of pyridine rings is 1. The Morgan fingerprint density at radius 1 is 1.44 bits per heavy atom. The molecule has 4 nitrogen and oxygen atoms in total. The zero-order valence-corrected chi connectivity index (χ0v) is 12.2. The van der Waals surface area contributed by atoms with Crippen molar-refractivity contribution in [2.24, 2.45) is 0 Å². The third kappa shape index (κ3) is 4.63. The van der Waals surface area contributed by atoms with E-state index in [1.54, 1.807) is 0 Å². The highest BCUT2D eigenvalue weighted by atomic mass is 16.5. The molecule has 0 unspecified atom stereocenters. The lowest BCUT2D eigenvalue weighted by Gasteiger charge is -2.23. The number of hydrogen-bond donors (Lipinski definition) is 1. The van der Waals surface area contributed by atoms with Gasteiger partial charge in [0.05, 0.1) is 12.7 Å². The summed E-state index contributed by atoms with van der Waals surface area (Å²) in [4.78, 5) is 6.58. The van der Waals surface area contributed by atoms with Crippen molar-refractivity contribution in [2.45, 2.75) is 33.4 Å². The average molecular weight is 251 g/mol. The Labute approximate surface area is 110 Å². The number of hydrogen-bond acceptors (Lipinski definition) is 4. The molecule has 0 saturated carbocycles. The topological polar surface area (TPSA) is 37.4 Å². The number of rotatable bonds is 7. The van der Waals surface area contributed by atoms with Gasteiger partial charge in [-0.2, -0.15) is 0 Å². The Kier molecular flexibility index (Phi) is 6.09. The molecular weight excluding hydrogens is 226 g/mol. The maximum absolute atomic E-state index is 5.59. The van der Waals surface area contributed by atoms with Crippen LogP contribution in [0.4, 0.5) is 5.69 Å². The maximum Gasteiger partial charge on any atom is 0.0644 e. The van der Waals surface area contributed by atoms with Crippen molar-refractivity contribution in [2.75, 3.05) is 32.1 Å². The van der Waals surface area contributed by atoms with Gasteiger partial charge in [0.1, 0.15) is 0 Å². The highest BCUT2D eigenvalue weighted by Crippen LogP contribution is 2.19. The molecule has 1 rings (SSSR count). The number of nitrogens with one attached hydrogen (secondary N) is 1. The lowest BCUT2D eigenvalue weighted by molar-refractivity contribution is 0.0846. The molecule has 1 aromatic heterocycles. The Morgan fingerprint density at radius 2 is 2.17 bits per heavy atom. The quantitative estimate of drug-likeness (QED) is 0.804. The second-order valence-corrected chi connectivity index (χ2v) is 4.83. The van der Waals surface area contributed by atoms with Crippen molar-refractivity contribution in [3.8, 4) is 0 Å². The molecule has 0 saturated heterocycles. The molecule has 18 heavy (non-hydrogen) atoms. The summed E-state index contributed by atoms with van der Waals surface area (Å²) >= 11 is 0. The van der Waals surface area contributed by atoms with Gasteiger partial charge in [0.25, 0.3) is 0 Å². The highest BCUT2D eigenvalue weighted by Gasteiger charge is 2.08. The summed E-state index contributed by atoms with van der Waals surface area (Å²) in [5.41, 5.74) is 3.49. The van der Waals surface area contributed by atoms with Gasteiger partial charge in [0.2, 0.25) is 0 Å². The first-order chi connectivity index (χ1) is 8.54. The monoisotopic (exact) mass is 251 g/mol. The van der Waals surface area contributed by atoms with Crippen LogP contribution in [0.25, 0.3) is 0 Å². The first kappa shape index (κ1) is 14.9. The molecule has 0 spiro atoms. The normalized spacial score (nSPS) is 11.0. The smallest absolute Gasteiger partial charge is 0.0644 e. The molecule has 102 valence electrons. The lowest BCUT2D eigenvalue weighted by atomic mass is 10.2. The summed E-state index contributed by atoms with van der Waals surface area (Å²) in [6.45, 7) is 8.60. The van der Waals surface area contributed by atoms with E-state index in [9.17, 15) is 0 Å². The van der Waals surface area contributed by atoms with E-state index in [1.807, 2.05) is 20.2 Å². The van der Waals surface area contributed by atoms with Gasteiger partial charge >= 0.3 is 0 Å². The van der Waals surface area contributed by atoms with E-state index < -0.39 is 0 Å². The molecule has 0 aromatic carbocycles. The van der Waals surface area contributed by atoms with E-state index in [0.29, 0.717) is 0 Å². The molecule has 0 amide bonds. The van der Waals surface area contributed by atoms with Gasteiger partial charge in [0, 0.05) is 43.3 Å². The zero-order valence-electron chi connectivity index (χ0n) is 12.2. The maximum atomic E-state index is 5.59. The molecule has 0 aliphatic rings. The average Bonchev–Trinajstić information content (AvgIpc) is 2.31. The second kappa shape index (κ2) is 7.34. The summed E-state index contributed by atoms with van der Waals surface area (Å²) in [7, 11) is 4.04. The van der Waals surface area contributed by atoms with E-state index in [2.05, 4.69) is 42.2 Å². The molecule has 0 bridgehead atoms. The van der Waals surface area contributed by atoms with E-state index in [-0.39, 0.29) is 6.10 Å². The first-order valence-electron chi connectivity index (χ1n) is 6.47. The zero-order chi connectivity index (χ0) is 13.5. The van der Waals surface area contributed by atoms with Gasteiger partial charge in [-0.1, -0.05) is 0 Å². The van der Waals surface area contributed by atoms with Crippen molar-refractivity contribution in [3.63, 3.8) is 0 Å². The summed E-state index contributed by atoms with van der Waals surface area (Å²) in [5.74, 6) is 0. The fraction of sp³-hybridized carbons (Fsp3) is 0.643. The highest BCUT2D eigenvalue weighted by molar-refractivity contribution is 5.53. The van der Waals surface area contributed by atoms with Crippen LogP contribution in [0, 0.1) is 6.92 Å². The predicted molar refractivity (Wildman–Crippen MR) is 76.1 cm³/mol. The van der Waals surface area contributed by atoms with Crippen molar-refractivity contribution < 1.29 is 4.74 Å². The summed E-state index contributed by atoms with van der Waals surface area (Å²) in [5, 5.41) is 3.18. The Balaban J connectivity index is 2.70. The molecule has 1 heterocycles. The fourth-order valence-electron chi connectivity index (χ4n) is 1.80. The standard InChI is InChI=1S/C14H25N3O/c1-11(2)18-7-6-17(5)14-8-12(3)16-10-13(14)9-15-4/h8,10-11,15H,6-7,9H2,1-5H3. The Morgan fingerprint density at radius 3 is 2.78 bits per heavy atom. The summed E-state index contributed by atoms with van der Waals surface area (Å²) in [6, 6.07) is 2.13. The Bertz CT molecular complexity index is 366. The molecule has 0 aliphatic heterocycles. The number of likely N-dealkylation sites (N-methyl/N-ethyl adjacent to an activating group) is 1. The molecule has 0 atom stereocenters. The van der Waals surface area contributed by atoms with Gasteiger partial charge in [-0.3, -0.25) is 4.98 Å². The van der Waals surface area contributed by atoms with Crippen LogP contribution in [0.1, 0.15) is 25.1 Å². The van der Waals surface area contributed by atoms with Crippen LogP contribution in [0.15, 0.2) is 12.3 Å². The van der Waals surface area contributed by atoms with Gasteiger partial charge in [-0.15, -0.1) is 0 Å². The molecular formula is C14H25N3O. The minimum Gasteiger partial charge on any atom is -0.377 e. The first-order valence-corrected chi connectivity index (χ1v) is 6.47. The largest absolute Gasteiger partial charge is 0.377 e. The Hall–Kier alpha value is -1.13. The van der Waals surface area contributed by atoms with Gasteiger partial charge in [-0.05, 0) is 33.9 Å². The van der Waals surface area contributed by atoms with E-state index >= 15 is 0 Å². The molecule has 1 aromatic rings. The number of aryl methyl sites for hydroxylation is 1. The molecule has 0 fully saturated rings. The number of aromatic nitrogens is 1. The van der Waals surface area contributed by atoms with Gasteiger partial charge < -0.3 is 15.0 Å². The molecule has 4 heteroatoms. The lowest BCUT2D eigenvalue weighted by Crippen LogP contribution is -2.25. The van der Waals surface area contributed by atoms with Crippen LogP contribution in [0.3, 0.4) is 0 Å². The van der Waals surface area contributed by atoms with Crippen molar-refractivity contribution in [1.29, 1.82) is 0 Å². The molecule has 1 N–H and O–H groups in total. The number of nitrogens with zero attached hydrogens (tertiary/aromatic N) is 2. The predicted octanol–water partition coefficient (Wildman–Crippen LogP) is 1.97. The molecule has 0 aliphatic carbocycles. The van der Waals surface area contributed by atoms with Crippen LogP contribution < -0.4 is 10.2 Å². The number of ether oxygens (including phenoxy) is 1. The van der Waals surface area contributed by atoms with Crippen LogP contribution in [0.2, 0.25) is 0 Å². The fourth-order valence-corrected chi connectivity index (χ4v) is 1.80.